The van der Waals surface area contributed by atoms with Crippen molar-refractivity contribution in [3.8, 4) is 0 Å². The topological polar surface area (TPSA) is 66.4 Å². The predicted molar refractivity (Wildman–Crippen MR) is 64.3 cm³/mol. The van der Waals surface area contributed by atoms with Crippen molar-refractivity contribution < 1.29 is 14.7 Å². The maximum atomic E-state index is 11.6. The van der Waals surface area contributed by atoms with E-state index in [-0.39, 0.29) is 5.78 Å². The quantitative estimate of drug-likeness (QED) is 0.824. The van der Waals surface area contributed by atoms with Gasteiger partial charge in [-0.3, -0.25) is 9.59 Å². The molecule has 0 heterocycles. The summed E-state index contributed by atoms with van der Waals surface area (Å²) in [6.45, 7) is 4.16. The van der Waals surface area contributed by atoms with E-state index in [0.717, 1.165) is 0 Å². The van der Waals surface area contributed by atoms with Gasteiger partial charge in [-0.15, -0.1) is 0 Å². The van der Waals surface area contributed by atoms with Gasteiger partial charge in [-0.25, -0.2) is 0 Å². The van der Waals surface area contributed by atoms with Gasteiger partial charge < -0.3 is 10.4 Å². The van der Waals surface area contributed by atoms with E-state index in [4.69, 9.17) is 0 Å². The second kappa shape index (κ2) is 5.10. The summed E-state index contributed by atoms with van der Waals surface area (Å²) >= 11 is 0. The molecule has 1 aromatic rings. The highest BCUT2D eigenvalue weighted by atomic mass is 16.3. The smallest absolute Gasteiger partial charge is 0.252 e. The molecular formula is C13H17NO3. The molecule has 1 aromatic carbocycles. The number of hydrogen-bond acceptors (Lipinski definition) is 3. The third-order valence-corrected chi connectivity index (χ3v) is 2.37. The molecule has 0 aliphatic rings. The number of ketones is 1. The second-order valence-electron chi connectivity index (χ2n) is 4.49. The van der Waals surface area contributed by atoms with Gasteiger partial charge in [0, 0.05) is 0 Å². The number of aliphatic hydroxyl groups is 1. The van der Waals surface area contributed by atoms with Gasteiger partial charge in [0.25, 0.3) is 5.91 Å². The fourth-order valence-electron chi connectivity index (χ4n) is 1.37. The van der Waals surface area contributed by atoms with Crippen molar-refractivity contribution in [3.05, 3.63) is 35.9 Å². The lowest BCUT2D eigenvalue weighted by molar-refractivity contribution is -0.139. The van der Waals surface area contributed by atoms with E-state index < -0.39 is 17.6 Å². The van der Waals surface area contributed by atoms with Crippen LogP contribution in [0, 0.1) is 0 Å². The number of Topliss-reactive ketones (excluding diaryl/α,β-unsaturated/α-hetero) is 1. The SMILES string of the molecule is CC(=O)C(NC(=O)C(C)(C)O)c1ccccc1. The largest absolute Gasteiger partial charge is 0.381 e. The van der Waals surface area contributed by atoms with Gasteiger partial charge in [0.2, 0.25) is 0 Å². The number of benzene rings is 1. The number of rotatable bonds is 4. The molecular weight excluding hydrogens is 218 g/mol. The minimum absolute atomic E-state index is 0.172. The average molecular weight is 235 g/mol. The zero-order chi connectivity index (χ0) is 13.1. The first kappa shape index (κ1) is 13.4. The highest BCUT2D eigenvalue weighted by Gasteiger charge is 2.28. The summed E-state index contributed by atoms with van der Waals surface area (Å²) in [5.41, 5.74) is -0.791. The molecule has 0 radical (unpaired) electrons. The Morgan fingerprint density at radius 2 is 1.76 bits per heavy atom. The van der Waals surface area contributed by atoms with E-state index in [1.807, 2.05) is 6.07 Å². The molecule has 2 N–H and O–H groups in total. The maximum Gasteiger partial charge on any atom is 0.252 e. The molecule has 0 bridgehead atoms. The summed E-state index contributed by atoms with van der Waals surface area (Å²) in [7, 11) is 0. The number of carbonyl (C=O) groups is 2. The van der Waals surface area contributed by atoms with Crippen LogP contribution < -0.4 is 5.32 Å². The van der Waals surface area contributed by atoms with Crippen LogP contribution in [0.15, 0.2) is 30.3 Å². The lowest BCUT2D eigenvalue weighted by atomic mass is 10.0. The number of hydrogen-bond donors (Lipinski definition) is 2. The van der Waals surface area contributed by atoms with Gasteiger partial charge in [-0.2, -0.15) is 0 Å². The zero-order valence-corrected chi connectivity index (χ0v) is 10.2. The van der Waals surface area contributed by atoms with E-state index >= 15 is 0 Å². The Balaban J connectivity index is 2.90. The Hall–Kier alpha value is -1.68. The standard InChI is InChI=1S/C13H17NO3/c1-9(15)11(10-7-5-4-6-8-10)14-12(16)13(2,3)17/h4-8,11,17H,1-3H3,(H,14,16). The molecule has 0 spiro atoms. The zero-order valence-electron chi connectivity index (χ0n) is 10.2. The van der Waals surface area contributed by atoms with Gasteiger partial charge in [0.15, 0.2) is 5.78 Å². The summed E-state index contributed by atoms with van der Waals surface area (Å²) in [5.74, 6) is -0.740. The lowest BCUT2D eigenvalue weighted by Crippen LogP contribution is -2.45. The molecule has 1 rings (SSSR count). The Bertz CT molecular complexity index is 406. The molecule has 4 nitrogen and oxygen atoms in total. The third kappa shape index (κ3) is 3.67. The van der Waals surface area contributed by atoms with Crippen LogP contribution in [0.5, 0.6) is 0 Å². The van der Waals surface area contributed by atoms with Gasteiger partial charge in [-0.1, -0.05) is 30.3 Å². The molecule has 0 aliphatic carbocycles. The Labute approximate surface area is 101 Å². The van der Waals surface area contributed by atoms with Crippen LogP contribution in [-0.4, -0.2) is 22.4 Å². The molecule has 0 aliphatic heterocycles. The first-order chi connectivity index (χ1) is 7.82. The molecule has 0 saturated carbocycles. The summed E-state index contributed by atoms with van der Waals surface area (Å²) in [4.78, 5) is 23.1. The van der Waals surface area contributed by atoms with Crippen molar-refractivity contribution in [2.24, 2.45) is 0 Å². The van der Waals surface area contributed by atoms with Crippen LogP contribution in [0.4, 0.5) is 0 Å². The number of amides is 1. The van der Waals surface area contributed by atoms with Gasteiger partial charge >= 0.3 is 0 Å². The van der Waals surface area contributed by atoms with Gasteiger partial charge in [0.1, 0.15) is 11.6 Å². The van der Waals surface area contributed by atoms with Crippen molar-refractivity contribution in [1.29, 1.82) is 0 Å². The van der Waals surface area contributed by atoms with Crippen LogP contribution >= 0.6 is 0 Å². The summed E-state index contributed by atoms with van der Waals surface area (Å²) in [6.07, 6.45) is 0. The first-order valence-corrected chi connectivity index (χ1v) is 5.41. The second-order valence-corrected chi connectivity index (χ2v) is 4.49. The van der Waals surface area contributed by atoms with Crippen LogP contribution in [-0.2, 0) is 9.59 Å². The fourth-order valence-corrected chi connectivity index (χ4v) is 1.37. The number of carbonyl (C=O) groups excluding carboxylic acids is 2. The molecule has 1 atom stereocenters. The van der Waals surface area contributed by atoms with Crippen molar-refractivity contribution in [1.82, 2.24) is 5.32 Å². The Kier molecular flexibility index (Phi) is 4.02. The number of nitrogens with one attached hydrogen (secondary N) is 1. The van der Waals surface area contributed by atoms with Crippen LogP contribution in [0.25, 0.3) is 0 Å². The summed E-state index contributed by atoms with van der Waals surface area (Å²) in [5, 5.41) is 12.1. The monoisotopic (exact) mass is 235 g/mol. The molecule has 17 heavy (non-hydrogen) atoms. The molecule has 0 aromatic heterocycles. The van der Waals surface area contributed by atoms with E-state index in [1.54, 1.807) is 24.3 Å². The van der Waals surface area contributed by atoms with Crippen molar-refractivity contribution in [2.75, 3.05) is 0 Å². The molecule has 92 valence electrons. The van der Waals surface area contributed by atoms with Crippen molar-refractivity contribution >= 4 is 11.7 Å². The highest BCUT2D eigenvalue weighted by Crippen LogP contribution is 2.15. The molecule has 0 fully saturated rings. The normalized spacial score (nSPS) is 12.9. The summed E-state index contributed by atoms with van der Waals surface area (Å²) in [6, 6.07) is 8.23. The van der Waals surface area contributed by atoms with Gasteiger partial charge in [-0.05, 0) is 26.3 Å². The third-order valence-electron chi connectivity index (χ3n) is 2.37. The molecule has 4 heteroatoms. The lowest BCUT2D eigenvalue weighted by Gasteiger charge is -2.22. The molecule has 0 saturated heterocycles. The summed E-state index contributed by atoms with van der Waals surface area (Å²) < 4.78 is 0. The minimum Gasteiger partial charge on any atom is -0.381 e. The molecule has 1 unspecified atom stereocenters. The van der Waals surface area contributed by atoms with Crippen LogP contribution in [0.2, 0.25) is 0 Å². The highest BCUT2D eigenvalue weighted by molar-refractivity contribution is 5.91. The van der Waals surface area contributed by atoms with Gasteiger partial charge in [0.05, 0.1) is 0 Å². The van der Waals surface area contributed by atoms with Crippen LogP contribution in [0.3, 0.4) is 0 Å². The van der Waals surface area contributed by atoms with E-state index in [0.29, 0.717) is 5.56 Å². The molecule has 1 amide bonds. The van der Waals surface area contributed by atoms with E-state index in [9.17, 15) is 14.7 Å². The van der Waals surface area contributed by atoms with Crippen molar-refractivity contribution in [2.45, 2.75) is 32.4 Å². The fraction of sp³-hybridized carbons (Fsp3) is 0.385. The van der Waals surface area contributed by atoms with E-state index in [1.165, 1.54) is 20.8 Å². The maximum absolute atomic E-state index is 11.6. The first-order valence-electron chi connectivity index (χ1n) is 5.41. The van der Waals surface area contributed by atoms with Crippen molar-refractivity contribution in [3.63, 3.8) is 0 Å². The predicted octanol–water partition coefficient (Wildman–Crippen LogP) is 1.20. The van der Waals surface area contributed by atoms with Crippen LogP contribution in [0.1, 0.15) is 32.4 Å². The Morgan fingerprint density at radius 1 is 1.24 bits per heavy atom. The minimum atomic E-state index is -1.50. The van der Waals surface area contributed by atoms with E-state index in [2.05, 4.69) is 5.32 Å². The Morgan fingerprint density at radius 3 is 2.18 bits per heavy atom. The average Bonchev–Trinajstić information content (AvgIpc) is 2.25.